The van der Waals surface area contributed by atoms with Gasteiger partial charge in [0.15, 0.2) is 11.1 Å². The third-order valence-corrected chi connectivity index (χ3v) is 5.09. The maximum atomic E-state index is 12.0. The van der Waals surface area contributed by atoms with Crippen LogP contribution in [0.5, 0.6) is 0 Å². The standard InChI is InChI=1S/C17H22N4O4S/c1-11(15(23)20-16(24)18-12-5-3-2-4-6-12)25-14(22)9-13-10-21-7-8-26-17(21)19-13/h7-8,10-12H,2-6,9H2,1H3,(H2,18,20,23,24)/t11-/m1/s1. The number of nitrogens with zero attached hydrogens (tertiary/aromatic N) is 2. The molecule has 0 aliphatic heterocycles. The number of fused-ring (bicyclic) bond motifs is 1. The van der Waals surface area contributed by atoms with Crippen molar-refractivity contribution in [2.45, 2.75) is 57.6 Å². The minimum Gasteiger partial charge on any atom is -0.452 e. The highest BCUT2D eigenvalue weighted by Crippen LogP contribution is 2.17. The van der Waals surface area contributed by atoms with Gasteiger partial charge in [-0.05, 0) is 19.8 Å². The van der Waals surface area contributed by atoms with Crippen LogP contribution in [0.3, 0.4) is 0 Å². The van der Waals surface area contributed by atoms with E-state index in [2.05, 4.69) is 15.6 Å². The number of carbonyl (C=O) groups is 3. The second kappa shape index (κ2) is 8.31. The highest BCUT2D eigenvalue weighted by Gasteiger charge is 2.22. The van der Waals surface area contributed by atoms with Crippen LogP contribution in [0.25, 0.3) is 4.96 Å². The number of imide groups is 1. The second-order valence-corrected chi connectivity index (χ2v) is 7.30. The molecule has 3 amide bonds. The molecule has 0 bridgehead atoms. The summed E-state index contributed by atoms with van der Waals surface area (Å²) in [4.78, 5) is 41.0. The molecule has 0 saturated heterocycles. The SMILES string of the molecule is C[C@@H](OC(=O)Cc1cn2ccsc2n1)C(=O)NC(=O)NC1CCCCC1. The van der Waals surface area contributed by atoms with Crippen molar-refractivity contribution in [3.8, 4) is 0 Å². The number of esters is 1. The molecule has 1 saturated carbocycles. The molecule has 1 aliphatic rings. The first-order valence-electron chi connectivity index (χ1n) is 8.73. The molecule has 0 spiro atoms. The Morgan fingerprint density at radius 2 is 2.12 bits per heavy atom. The van der Waals surface area contributed by atoms with E-state index in [0.717, 1.165) is 30.6 Å². The molecule has 2 N–H and O–H groups in total. The number of urea groups is 1. The first-order valence-corrected chi connectivity index (χ1v) is 9.61. The molecule has 9 heteroatoms. The fraction of sp³-hybridized carbons (Fsp3) is 0.529. The maximum absolute atomic E-state index is 12.0. The summed E-state index contributed by atoms with van der Waals surface area (Å²) in [6.07, 6.45) is 7.71. The van der Waals surface area contributed by atoms with Gasteiger partial charge in [-0.1, -0.05) is 19.3 Å². The molecule has 0 aromatic carbocycles. The topological polar surface area (TPSA) is 102 Å². The molecule has 140 valence electrons. The van der Waals surface area contributed by atoms with Gasteiger partial charge in [-0.25, -0.2) is 9.78 Å². The van der Waals surface area contributed by atoms with Crippen molar-refractivity contribution in [1.29, 1.82) is 0 Å². The lowest BCUT2D eigenvalue weighted by molar-refractivity contribution is -0.153. The molecule has 0 unspecified atom stereocenters. The summed E-state index contributed by atoms with van der Waals surface area (Å²) in [5.41, 5.74) is 0.574. The minimum atomic E-state index is -1.05. The van der Waals surface area contributed by atoms with Crippen molar-refractivity contribution >= 4 is 34.2 Å². The summed E-state index contributed by atoms with van der Waals surface area (Å²) >= 11 is 1.47. The van der Waals surface area contributed by atoms with E-state index in [1.807, 2.05) is 16.0 Å². The third-order valence-electron chi connectivity index (χ3n) is 4.32. The Balaban J connectivity index is 1.43. The number of hydrogen-bond acceptors (Lipinski definition) is 6. The summed E-state index contributed by atoms with van der Waals surface area (Å²) in [6.45, 7) is 1.44. The number of ether oxygens (including phenoxy) is 1. The highest BCUT2D eigenvalue weighted by molar-refractivity contribution is 7.15. The Morgan fingerprint density at radius 3 is 2.85 bits per heavy atom. The lowest BCUT2D eigenvalue weighted by Crippen LogP contribution is -2.48. The number of imidazole rings is 1. The number of hydrogen-bond donors (Lipinski definition) is 2. The Hall–Kier alpha value is -2.42. The van der Waals surface area contributed by atoms with E-state index in [9.17, 15) is 14.4 Å². The van der Waals surface area contributed by atoms with Gasteiger partial charge in [0.1, 0.15) is 0 Å². The molecule has 1 fully saturated rings. The van der Waals surface area contributed by atoms with Crippen LogP contribution in [0, 0.1) is 0 Å². The lowest BCUT2D eigenvalue weighted by atomic mass is 9.96. The molecule has 8 nitrogen and oxygen atoms in total. The van der Waals surface area contributed by atoms with Crippen molar-refractivity contribution in [1.82, 2.24) is 20.0 Å². The van der Waals surface area contributed by atoms with E-state index < -0.39 is 24.0 Å². The van der Waals surface area contributed by atoms with Crippen LogP contribution < -0.4 is 10.6 Å². The molecule has 26 heavy (non-hydrogen) atoms. The van der Waals surface area contributed by atoms with Gasteiger partial charge in [-0.3, -0.25) is 19.3 Å². The predicted octanol–water partition coefficient (Wildman–Crippen LogP) is 2.03. The van der Waals surface area contributed by atoms with Gasteiger partial charge < -0.3 is 10.1 Å². The van der Waals surface area contributed by atoms with E-state index in [0.29, 0.717) is 5.69 Å². The minimum absolute atomic E-state index is 0.0275. The zero-order chi connectivity index (χ0) is 18.5. The fourth-order valence-corrected chi connectivity index (χ4v) is 3.70. The maximum Gasteiger partial charge on any atom is 0.321 e. The van der Waals surface area contributed by atoms with Crippen molar-refractivity contribution in [2.24, 2.45) is 0 Å². The van der Waals surface area contributed by atoms with Crippen LogP contribution in [0.2, 0.25) is 0 Å². The van der Waals surface area contributed by atoms with Crippen LogP contribution in [0.1, 0.15) is 44.7 Å². The van der Waals surface area contributed by atoms with E-state index in [1.54, 1.807) is 6.20 Å². The molecular weight excluding hydrogens is 356 g/mol. The third kappa shape index (κ3) is 4.81. The average Bonchev–Trinajstić information content (AvgIpc) is 3.16. The van der Waals surface area contributed by atoms with Crippen LogP contribution in [-0.4, -0.2) is 39.4 Å². The Bertz CT molecular complexity index is 765. The van der Waals surface area contributed by atoms with E-state index in [1.165, 1.54) is 24.7 Å². The largest absolute Gasteiger partial charge is 0.452 e. The van der Waals surface area contributed by atoms with Gasteiger partial charge in [0.05, 0.1) is 12.1 Å². The summed E-state index contributed by atoms with van der Waals surface area (Å²) in [7, 11) is 0. The molecule has 0 radical (unpaired) electrons. The predicted molar refractivity (Wildman–Crippen MR) is 95.9 cm³/mol. The first-order chi connectivity index (χ1) is 12.5. The van der Waals surface area contributed by atoms with Crippen molar-refractivity contribution in [3.05, 3.63) is 23.5 Å². The quantitative estimate of drug-likeness (QED) is 0.775. The Labute approximate surface area is 154 Å². The summed E-state index contributed by atoms with van der Waals surface area (Å²) in [5.74, 6) is -1.21. The Kier molecular flexibility index (Phi) is 5.87. The molecular formula is C17H22N4O4S. The van der Waals surface area contributed by atoms with Crippen LogP contribution in [0.15, 0.2) is 17.8 Å². The van der Waals surface area contributed by atoms with Gasteiger partial charge in [0.25, 0.3) is 5.91 Å². The molecule has 2 heterocycles. The van der Waals surface area contributed by atoms with Crippen molar-refractivity contribution in [2.75, 3.05) is 0 Å². The molecule has 2 aromatic rings. The lowest BCUT2D eigenvalue weighted by Gasteiger charge is -2.23. The zero-order valence-electron chi connectivity index (χ0n) is 14.6. The number of rotatable bonds is 5. The summed E-state index contributed by atoms with van der Waals surface area (Å²) < 4.78 is 6.92. The fourth-order valence-electron chi connectivity index (χ4n) is 2.98. The van der Waals surface area contributed by atoms with Gasteiger partial charge >= 0.3 is 12.0 Å². The van der Waals surface area contributed by atoms with Gasteiger partial charge in [0.2, 0.25) is 0 Å². The molecule has 1 aliphatic carbocycles. The monoisotopic (exact) mass is 378 g/mol. The number of amides is 3. The van der Waals surface area contributed by atoms with E-state index in [-0.39, 0.29) is 12.5 Å². The summed E-state index contributed by atoms with van der Waals surface area (Å²) in [5, 5.41) is 6.91. The smallest absolute Gasteiger partial charge is 0.321 e. The van der Waals surface area contributed by atoms with E-state index in [4.69, 9.17) is 4.74 Å². The summed E-state index contributed by atoms with van der Waals surface area (Å²) in [6, 6.07) is -0.441. The van der Waals surface area contributed by atoms with E-state index >= 15 is 0 Å². The normalized spacial score (nSPS) is 16.2. The van der Waals surface area contributed by atoms with Gasteiger partial charge in [-0.2, -0.15) is 0 Å². The van der Waals surface area contributed by atoms with Gasteiger partial charge in [-0.15, -0.1) is 11.3 Å². The first kappa shape index (κ1) is 18.4. The van der Waals surface area contributed by atoms with Crippen molar-refractivity contribution in [3.63, 3.8) is 0 Å². The number of thiazole rings is 1. The van der Waals surface area contributed by atoms with Crippen LogP contribution >= 0.6 is 11.3 Å². The van der Waals surface area contributed by atoms with Crippen LogP contribution in [-0.2, 0) is 20.7 Å². The molecule has 2 aromatic heterocycles. The number of nitrogens with one attached hydrogen (secondary N) is 2. The number of carbonyl (C=O) groups excluding carboxylic acids is 3. The molecule has 1 atom stereocenters. The van der Waals surface area contributed by atoms with Gasteiger partial charge in [0, 0.05) is 23.8 Å². The average molecular weight is 378 g/mol. The molecule has 3 rings (SSSR count). The number of aromatic nitrogens is 2. The zero-order valence-corrected chi connectivity index (χ0v) is 15.4. The van der Waals surface area contributed by atoms with Crippen molar-refractivity contribution < 1.29 is 19.1 Å². The highest BCUT2D eigenvalue weighted by atomic mass is 32.1. The second-order valence-electron chi connectivity index (χ2n) is 6.43. The Morgan fingerprint density at radius 1 is 1.35 bits per heavy atom. The van der Waals surface area contributed by atoms with Crippen LogP contribution in [0.4, 0.5) is 4.79 Å².